The van der Waals surface area contributed by atoms with Gasteiger partial charge in [-0.3, -0.25) is 4.79 Å². The lowest BCUT2D eigenvalue weighted by molar-refractivity contribution is -0.00576. The Morgan fingerprint density at radius 1 is 1.04 bits per heavy atom. The average molecular weight is 335 g/mol. The van der Waals surface area contributed by atoms with Crippen LogP contribution in [0.15, 0.2) is 65.2 Å². The molecule has 1 aromatic heterocycles. The van der Waals surface area contributed by atoms with E-state index in [1.54, 1.807) is 17.0 Å². The molecule has 1 saturated heterocycles. The van der Waals surface area contributed by atoms with Crippen molar-refractivity contribution in [2.45, 2.75) is 6.04 Å². The molecule has 3 aromatic rings. The van der Waals surface area contributed by atoms with Crippen molar-refractivity contribution in [3.8, 4) is 11.5 Å². The Bertz CT molecular complexity index is 849. The summed E-state index contributed by atoms with van der Waals surface area (Å²) in [5.41, 5.74) is 1.49. The highest BCUT2D eigenvalue weighted by Crippen LogP contribution is 2.26. The number of aromatic nitrogens is 2. The number of hydrogen-bond acceptors (Lipinski definition) is 5. The molecule has 1 fully saturated rings. The zero-order valence-electron chi connectivity index (χ0n) is 13.5. The van der Waals surface area contributed by atoms with Gasteiger partial charge < -0.3 is 14.2 Å². The lowest BCUT2D eigenvalue weighted by Crippen LogP contribution is -2.43. The molecule has 1 atom stereocenters. The largest absolute Gasteiger partial charge is 0.377 e. The van der Waals surface area contributed by atoms with Crippen LogP contribution < -0.4 is 0 Å². The van der Waals surface area contributed by atoms with Gasteiger partial charge in [-0.2, -0.15) is 4.98 Å². The van der Waals surface area contributed by atoms with Crippen molar-refractivity contribution >= 4 is 5.91 Å². The molecular formula is C19H17N3O3. The highest BCUT2D eigenvalue weighted by atomic mass is 16.5. The van der Waals surface area contributed by atoms with Crippen LogP contribution in [0.25, 0.3) is 11.5 Å². The van der Waals surface area contributed by atoms with Crippen molar-refractivity contribution in [1.82, 2.24) is 15.0 Å². The van der Waals surface area contributed by atoms with E-state index in [9.17, 15) is 4.79 Å². The van der Waals surface area contributed by atoms with E-state index < -0.39 is 0 Å². The van der Waals surface area contributed by atoms with Gasteiger partial charge in [0.05, 0.1) is 13.2 Å². The number of carbonyl (C=O) groups excluding carboxylic acids is 1. The maximum absolute atomic E-state index is 12.8. The fourth-order valence-electron chi connectivity index (χ4n) is 2.88. The summed E-state index contributed by atoms with van der Waals surface area (Å²) in [4.78, 5) is 19.1. The Hall–Kier alpha value is -2.99. The van der Waals surface area contributed by atoms with Crippen LogP contribution in [0.1, 0.15) is 22.2 Å². The molecule has 0 aliphatic carbocycles. The van der Waals surface area contributed by atoms with Crippen molar-refractivity contribution in [1.29, 1.82) is 0 Å². The SMILES string of the molecule is O=C(c1ccccc1)N1CCOCC1c1noc(-c2ccccc2)n1. The Labute approximate surface area is 145 Å². The standard InChI is InChI=1S/C19H17N3O3/c23-19(15-9-5-2-6-10-15)22-11-12-24-13-16(22)17-20-18(25-21-17)14-7-3-1-4-8-14/h1-10,16H,11-13H2. The van der Waals surface area contributed by atoms with Gasteiger partial charge in [0.1, 0.15) is 6.04 Å². The first-order chi connectivity index (χ1) is 12.3. The van der Waals surface area contributed by atoms with Crippen molar-refractivity contribution < 1.29 is 14.1 Å². The summed E-state index contributed by atoms with van der Waals surface area (Å²) < 4.78 is 10.9. The van der Waals surface area contributed by atoms with Crippen LogP contribution in [0.3, 0.4) is 0 Å². The van der Waals surface area contributed by atoms with Gasteiger partial charge in [-0.25, -0.2) is 0 Å². The number of rotatable bonds is 3. The molecule has 0 bridgehead atoms. The van der Waals surface area contributed by atoms with Gasteiger partial charge in [0.15, 0.2) is 5.82 Å². The third kappa shape index (κ3) is 3.16. The second kappa shape index (κ2) is 6.86. The number of carbonyl (C=O) groups is 1. The summed E-state index contributed by atoms with van der Waals surface area (Å²) in [7, 11) is 0. The number of ether oxygens (including phenoxy) is 1. The highest BCUT2D eigenvalue weighted by molar-refractivity contribution is 5.94. The zero-order valence-corrected chi connectivity index (χ0v) is 13.5. The van der Waals surface area contributed by atoms with Gasteiger partial charge in [-0.15, -0.1) is 0 Å². The molecule has 0 N–H and O–H groups in total. The van der Waals surface area contributed by atoms with E-state index in [4.69, 9.17) is 9.26 Å². The Kier molecular flexibility index (Phi) is 4.26. The van der Waals surface area contributed by atoms with E-state index >= 15 is 0 Å². The quantitative estimate of drug-likeness (QED) is 0.736. The Morgan fingerprint density at radius 3 is 2.52 bits per heavy atom. The summed E-state index contributed by atoms with van der Waals surface area (Å²) in [6.45, 7) is 1.35. The minimum atomic E-state index is -0.359. The molecule has 2 heterocycles. The zero-order chi connectivity index (χ0) is 17.1. The summed E-state index contributed by atoms with van der Waals surface area (Å²) in [5, 5.41) is 4.08. The molecule has 1 amide bonds. The van der Waals surface area contributed by atoms with E-state index in [-0.39, 0.29) is 11.9 Å². The topological polar surface area (TPSA) is 68.5 Å². The van der Waals surface area contributed by atoms with E-state index in [1.165, 1.54) is 0 Å². The molecule has 0 radical (unpaired) electrons. The summed E-state index contributed by atoms with van der Waals surface area (Å²) >= 11 is 0. The third-order valence-corrected chi connectivity index (χ3v) is 4.17. The number of hydrogen-bond donors (Lipinski definition) is 0. The second-order valence-corrected chi connectivity index (χ2v) is 5.78. The van der Waals surface area contributed by atoms with Crippen LogP contribution in [-0.2, 0) is 4.74 Å². The van der Waals surface area contributed by atoms with Crippen molar-refractivity contribution in [3.63, 3.8) is 0 Å². The molecule has 6 nitrogen and oxygen atoms in total. The predicted molar refractivity (Wildman–Crippen MR) is 90.8 cm³/mol. The fraction of sp³-hybridized carbons (Fsp3) is 0.211. The molecular weight excluding hydrogens is 318 g/mol. The monoisotopic (exact) mass is 335 g/mol. The third-order valence-electron chi connectivity index (χ3n) is 4.17. The van der Waals surface area contributed by atoms with E-state index in [0.717, 1.165) is 5.56 Å². The number of amides is 1. The molecule has 1 unspecified atom stereocenters. The number of nitrogens with zero attached hydrogens (tertiary/aromatic N) is 3. The van der Waals surface area contributed by atoms with Crippen molar-refractivity contribution in [3.05, 3.63) is 72.1 Å². The minimum absolute atomic E-state index is 0.0556. The summed E-state index contributed by atoms with van der Waals surface area (Å²) in [6, 6.07) is 18.4. The van der Waals surface area contributed by atoms with Gasteiger partial charge in [0.25, 0.3) is 11.8 Å². The van der Waals surface area contributed by atoms with Gasteiger partial charge in [-0.1, -0.05) is 41.6 Å². The Morgan fingerprint density at radius 2 is 1.76 bits per heavy atom. The molecule has 0 spiro atoms. The van der Waals surface area contributed by atoms with Crippen LogP contribution in [0.2, 0.25) is 0 Å². The summed E-state index contributed by atoms with van der Waals surface area (Å²) in [5.74, 6) is 0.844. The van der Waals surface area contributed by atoms with E-state index in [2.05, 4.69) is 10.1 Å². The first-order valence-corrected chi connectivity index (χ1v) is 8.16. The molecule has 1 aliphatic rings. The van der Waals surface area contributed by atoms with Crippen LogP contribution in [0.4, 0.5) is 0 Å². The molecule has 6 heteroatoms. The molecule has 0 saturated carbocycles. The van der Waals surface area contributed by atoms with Crippen LogP contribution >= 0.6 is 0 Å². The normalized spacial score (nSPS) is 17.4. The number of benzene rings is 2. The molecule has 1 aliphatic heterocycles. The maximum atomic E-state index is 12.8. The fourth-order valence-corrected chi connectivity index (χ4v) is 2.88. The average Bonchev–Trinajstić information content (AvgIpc) is 3.19. The second-order valence-electron chi connectivity index (χ2n) is 5.78. The van der Waals surface area contributed by atoms with Crippen molar-refractivity contribution in [2.75, 3.05) is 19.8 Å². The lowest BCUT2D eigenvalue weighted by Gasteiger charge is -2.33. The molecule has 25 heavy (non-hydrogen) atoms. The minimum Gasteiger partial charge on any atom is -0.377 e. The lowest BCUT2D eigenvalue weighted by atomic mass is 10.1. The first kappa shape index (κ1) is 15.5. The van der Waals surface area contributed by atoms with Crippen LogP contribution in [0, 0.1) is 0 Å². The van der Waals surface area contributed by atoms with E-state index in [0.29, 0.717) is 37.0 Å². The predicted octanol–water partition coefficient (Wildman–Crippen LogP) is 2.95. The van der Waals surface area contributed by atoms with Crippen LogP contribution in [-0.4, -0.2) is 40.7 Å². The molecule has 4 rings (SSSR count). The maximum Gasteiger partial charge on any atom is 0.257 e. The van der Waals surface area contributed by atoms with Gasteiger partial charge >= 0.3 is 0 Å². The number of morpholine rings is 1. The highest BCUT2D eigenvalue weighted by Gasteiger charge is 2.32. The van der Waals surface area contributed by atoms with Gasteiger partial charge in [0.2, 0.25) is 0 Å². The smallest absolute Gasteiger partial charge is 0.257 e. The van der Waals surface area contributed by atoms with Gasteiger partial charge in [0, 0.05) is 17.7 Å². The molecule has 126 valence electrons. The summed E-state index contributed by atoms with van der Waals surface area (Å²) in [6.07, 6.45) is 0. The molecule has 2 aromatic carbocycles. The van der Waals surface area contributed by atoms with Crippen LogP contribution in [0.5, 0.6) is 0 Å². The van der Waals surface area contributed by atoms with Gasteiger partial charge in [-0.05, 0) is 24.3 Å². The first-order valence-electron chi connectivity index (χ1n) is 8.16. The Balaban J connectivity index is 1.62. The van der Waals surface area contributed by atoms with Crippen molar-refractivity contribution in [2.24, 2.45) is 0 Å². The van der Waals surface area contributed by atoms with E-state index in [1.807, 2.05) is 48.5 Å².